The van der Waals surface area contributed by atoms with E-state index >= 15 is 0 Å². The Kier molecular flexibility index (Phi) is 9.97. The second-order valence-electron chi connectivity index (χ2n) is 16.7. The van der Waals surface area contributed by atoms with Crippen molar-refractivity contribution in [2.75, 3.05) is 5.73 Å². The van der Waals surface area contributed by atoms with Crippen LogP contribution in [0.3, 0.4) is 0 Å². The van der Waals surface area contributed by atoms with Gasteiger partial charge in [-0.15, -0.1) is 0 Å². The molecule has 1 aromatic heterocycles. The van der Waals surface area contributed by atoms with Crippen molar-refractivity contribution in [3.05, 3.63) is 130 Å². The zero-order chi connectivity index (χ0) is 43.6. The summed E-state index contributed by atoms with van der Waals surface area (Å²) in [6, 6.07) is 21.3. The molecule has 6 aromatic rings. The van der Waals surface area contributed by atoms with Crippen molar-refractivity contribution in [3.8, 4) is 62.5 Å². The van der Waals surface area contributed by atoms with E-state index in [9.17, 15) is 35.7 Å². The van der Waals surface area contributed by atoms with Gasteiger partial charge in [0.1, 0.15) is 0 Å². The number of anilines is 1. The van der Waals surface area contributed by atoms with E-state index in [0.717, 1.165) is 58.2 Å². The van der Waals surface area contributed by atoms with Crippen molar-refractivity contribution in [3.63, 3.8) is 0 Å². The van der Waals surface area contributed by atoms with Gasteiger partial charge in [0, 0.05) is 46.3 Å². The number of dihydropyridines is 1. The van der Waals surface area contributed by atoms with Crippen molar-refractivity contribution in [1.82, 2.24) is 4.98 Å². The molecular weight excluding hydrogens is 779 g/mol. The van der Waals surface area contributed by atoms with Gasteiger partial charge in [-0.25, -0.2) is 0 Å². The van der Waals surface area contributed by atoms with E-state index in [1.807, 2.05) is 49.4 Å². The summed E-state index contributed by atoms with van der Waals surface area (Å²) in [6.07, 6.45) is 14.7. The van der Waals surface area contributed by atoms with Crippen molar-refractivity contribution >= 4 is 40.5 Å². The van der Waals surface area contributed by atoms with Crippen LogP contribution in [0, 0.1) is 0 Å². The van der Waals surface area contributed by atoms with Gasteiger partial charge in [0.2, 0.25) is 0 Å². The number of benzene rings is 5. The van der Waals surface area contributed by atoms with Gasteiger partial charge in [0.05, 0.1) is 28.4 Å². The van der Waals surface area contributed by atoms with Crippen molar-refractivity contribution in [2.24, 2.45) is 4.99 Å². The number of pyridine rings is 1. The Morgan fingerprint density at radius 3 is 2.19 bits per heavy atom. The molecule has 0 saturated heterocycles. The molecule has 314 valence electrons. The van der Waals surface area contributed by atoms with Crippen LogP contribution in [0.4, 0.5) is 5.69 Å². The third-order valence-corrected chi connectivity index (χ3v) is 13.5. The summed E-state index contributed by atoms with van der Waals surface area (Å²) in [5.74, 6) is -3.53. The molecule has 9 N–H and O–H groups in total. The fraction of sp³-hybridized carbons (Fsp3) is 0.231. The molecule has 2 heterocycles. The van der Waals surface area contributed by atoms with Gasteiger partial charge in [0.25, 0.3) is 0 Å². The number of nitrogens with zero attached hydrogens (tertiary/aromatic N) is 2. The highest BCUT2D eigenvalue weighted by molar-refractivity contribution is 6.02. The molecule has 10 heteroatoms. The molecular formula is C52H49N3O7. The predicted molar refractivity (Wildman–Crippen MR) is 246 cm³/mol. The van der Waals surface area contributed by atoms with Gasteiger partial charge in [0.15, 0.2) is 40.2 Å². The fourth-order valence-corrected chi connectivity index (χ4v) is 10.2. The second-order valence-corrected chi connectivity index (χ2v) is 16.7. The molecule has 0 spiro atoms. The van der Waals surface area contributed by atoms with E-state index in [-0.39, 0.29) is 45.1 Å². The molecule has 9 rings (SSSR count). The SMILES string of the molecule is CCC1(CC)c2cc(/C=C/c3c(N)c(O)c(-c4ccnc5ccccc45)c(O)c3O)ccc2-c2ccc(CC(C)c3c(O)c(O)c(C4=C5CCC=CC5N=CC4)c(O)c3O)cc21. The number of aliphatic imine (C=N–C) groups is 1. The van der Waals surface area contributed by atoms with Crippen molar-refractivity contribution < 1.29 is 35.7 Å². The van der Waals surface area contributed by atoms with Crippen molar-refractivity contribution in [2.45, 2.75) is 76.7 Å². The van der Waals surface area contributed by atoms with E-state index in [2.05, 4.69) is 54.2 Å². The first-order chi connectivity index (χ1) is 29.9. The molecule has 10 nitrogen and oxygen atoms in total. The van der Waals surface area contributed by atoms with Crippen LogP contribution in [0.5, 0.6) is 40.2 Å². The average Bonchev–Trinajstić information content (AvgIpc) is 3.56. The summed E-state index contributed by atoms with van der Waals surface area (Å²) < 4.78 is 0. The Bertz CT molecular complexity index is 2890. The van der Waals surface area contributed by atoms with Gasteiger partial charge >= 0.3 is 0 Å². The van der Waals surface area contributed by atoms with Crippen LogP contribution in [0.25, 0.3) is 50.9 Å². The number of para-hydroxylation sites is 1. The van der Waals surface area contributed by atoms with Crippen LogP contribution in [-0.2, 0) is 11.8 Å². The van der Waals surface area contributed by atoms with Gasteiger partial charge in [-0.05, 0) is 101 Å². The third kappa shape index (κ3) is 6.15. The number of rotatable bonds is 9. The summed E-state index contributed by atoms with van der Waals surface area (Å²) in [4.78, 5) is 8.91. The normalized spacial score (nSPS) is 16.8. The number of nitrogens with two attached hydrogens (primary N) is 1. The largest absolute Gasteiger partial charge is 0.505 e. The van der Waals surface area contributed by atoms with E-state index in [1.165, 1.54) is 0 Å². The first-order valence-corrected chi connectivity index (χ1v) is 21.2. The number of hydrogen-bond donors (Lipinski definition) is 8. The Balaban J connectivity index is 1.02. The monoisotopic (exact) mass is 827 g/mol. The molecule has 2 unspecified atom stereocenters. The number of fused-ring (bicyclic) bond motifs is 5. The quantitative estimate of drug-likeness (QED) is 0.0230. The molecule has 0 radical (unpaired) electrons. The minimum Gasteiger partial charge on any atom is -0.505 e. The topological polar surface area (TPSA) is 193 Å². The molecule has 0 fully saturated rings. The average molecular weight is 828 g/mol. The standard InChI is InChI=1S/C52H49N3O7/c1-4-52(5-2)37-25-28(15-19-36-44(53)46(57)42(49(60)45(36)56)34-20-22-54-39-12-8-6-10-32(34)39)14-17-30(37)31-18-16-29(26-38(31)52)24-27(3)41-47(58)50(61)43(51(62)48(41)59)35-21-23-55-40-13-9-7-11-33(35)40/h6,8-10,12-20,22-23,25-27,40,56-62H,4-5,7,11,21,24,53H2,1-3H3/b19-15+. The maximum absolute atomic E-state index is 11.4. The number of phenolic OH excluding ortho intramolecular Hbond substituents is 7. The van der Waals surface area contributed by atoms with E-state index < -0.39 is 40.4 Å². The molecule has 5 aromatic carbocycles. The zero-order valence-corrected chi connectivity index (χ0v) is 34.8. The lowest BCUT2D eigenvalue weighted by Gasteiger charge is -2.30. The number of phenols is 7. The minimum absolute atomic E-state index is 0.0252. The van der Waals surface area contributed by atoms with Crippen LogP contribution in [0.2, 0.25) is 0 Å². The van der Waals surface area contributed by atoms with Crippen LogP contribution in [0.15, 0.2) is 95.6 Å². The first-order valence-electron chi connectivity index (χ1n) is 21.2. The number of aromatic nitrogens is 1. The summed E-state index contributed by atoms with van der Waals surface area (Å²) in [5.41, 5.74) is 15.4. The zero-order valence-electron chi connectivity index (χ0n) is 34.8. The number of hydrogen-bond acceptors (Lipinski definition) is 10. The smallest absolute Gasteiger partial charge is 0.170 e. The highest BCUT2D eigenvalue weighted by atomic mass is 16.3. The Morgan fingerprint density at radius 1 is 0.758 bits per heavy atom. The van der Waals surface area contributed by atoms with E-state index in [1.54, 1.807) is 30.6 Å². The van der Waals surface area contributed by atoms with Crippen LogP contribution < -0.4 is 5.73 Å². The fourth-order valence-electron chi connectivity index (χ4n) is 10.2. The summed E-state index contributed by atoms with van der Waals surface area (Å²) in [7, 11) is 0. The lowest BCUT2D eigenvalue weighted by molar-refractivity contribution is 0.359. The van der Waals surface area contributed by atoms with Crippen LogP contribution in [-0.4, -0.2) is 53.0 Å². The predicted octanol–water partition coefficient (Wildman–Crippen LogP) is 11.0. The number of aromatic hydroxyl groups is 7. The lowest BCUT2D eigenvalue weighted by atomic mass is 9.73. The van der Waals surface area contributed by atoms with Crippen molar-refractivity contribution in [1.29, 1.82) is 0 Å². The van der Waals surface area contributed by atoms with Gasteiger partial charge < -0.3 is 41.5 Å². The van der Waals surface area contributed by atoms with E-state index in [0.29, 0.717) is 41.3 Å². The lowest BCUT2D eigenvalue weighted by Crippen LogP contribution is -2.23. The second kappa shape index (κ2) is 15.4. The molecule has 1 aliphatic heterocycles. The number of allylic oxidation sites excluding steroid dienone is 2. The summed E-state index contributed by atoms with van der Waals surface area (Å²) in [6.45, 7) is 6.19. The Labute approximate surface area is 359 Å². The summed E-state index contributed by atoms with van der Waals surface area (Å²) in [5, 5.41) is 80.2. The molecule has 2 atom stereocenters. The summed E-state index contributed by atoms with van der Waals surface area (Å²) >= 11 is 0. The molecule has 0 amide bonds. The van der Waals surface area contributed by atoms with Crippen LogP contribution >= 0.6 is 0 Å². The molecule has 62 heavy (non-hydrogen) atoms. The maximum Gasteiger partial charge on any atom is 0.170 e. The van der Waals surface area contributed by atoms with Crippen LogP contribution in [0.1, 0.15) is 97.7 Å². The van der Waals surface area contributed by atoms with E-state index in [4.69, 9.17) is 5.73 Å². The number of nitrogen functional groups attached to an aromatic ring is 1. The Morgan fingerprint density at radius 2 is 1.45 bits per heavy atom. The Hall–Kier alpha value is -7.20. The van der Waals surface area contributed by atoms with Gasteiger partial charge in [-0.3, -0.25) is 9.98 Å². The molecule has 2 aliphatic carbocycles. The molecule has 0 bridgehead atoms. The van der Waals surface area contributed by atoms with Gasteiger partial charge in [-0.2, -0.15) is 0 Å². The maximum atomic E-state index is 11.4. The highest BCUT2D eigenvalue weighted by Gasteiger charge is 2.41. The van der Waals surface area contributed by atoms with Gasteiger partial charge in [-0.1, -0.05) is 93.6 Å². The molecule has 3 aliphatic rings. The highest BCUT2D eigenvalue weighted by Crippen LogP contribution is 2.56. The minimum atomic E-state index is -0.488. The third-order valence-electron chi connectivity index (χ3n) is 13.5. The first kappa shape index (κ1) is 40.2. The molecule has 0 saturated carbocycles.